The summed E-state index contributed by atoms with van der Waals surface area (Å²) in [6.45, 7) is 7.31. The highest BCUT2D eigenvalue weighted by molar-refractivity contribution is 5.82. The van der Waals surface area contributed by atoms with E-state index in [-0.39, 0.29) is 11.7 Å². The molecule has 1 heterocycles. The number of amides is 1. The van der Waals surface area contributed by atoms with Crippen LogP contribution in [0, 0.1) is 11.7 Å². The normalized spacial score (nSPS) is 16.0. The lowest BCUT2D eigenvalue weighted by Gasteiger charge is -2.25. The SMILES string of the molecule is CC(C)CNCc1c(F)cccc1N1CCCNC(=O)C1. The van der Waals surface area contributed by atoms with E-state index in [1.165, 1.54) is 6.07 Å². The van der Waals surface area contributed by atoms with Crippen LogP contribution in [0.25, 0.3) is 0 Å². The number of hydrogen-bond donors (Lipinski definition) is 2. The fourth-order valence-corrected chi connectivity index (χ4v) is 2.52. The van der Waals surface area contributed by atoms with Crippen LogP contribution in [0.2, 0.25) is 0 Å². The second kappa shape index (κ2) is 7.41. The zero-order valence-corrected chi connectivity index (χ0v) is 12.8. The average Bonchev–Trinajstić information content (AvgIpc) is 2.65. The molecule has 0 radical (unpaired) electrons. The number of nitrogens with zero attached hydrogens (tertiary/aromatic N) is 1. The molecule has 1 aliphatic heterocycles. The average molecular weight is 293 g/mol. The molecule has 1 aliphatic rings. The van der Waals surface area contributed by atoms with E-state index in [1.54, 1.807) is 6.07 Å². The lowest BCUT2D eigenvalue weighted by atomic mass is 10.1. The molecule has 1 aromatic rings. The van der Waals surface area contributed by atoms with E-state index in [1.807, 2.05) is 11.0 Å². The van der Waals surface area contributed by atoms with Gasteiger partial charge in [0, 0.05) is 30.9 Å². The third-order valence-electron chi connectivity index (χ3n) is 3.55. The van der Waals surface area contributed by atoms with Crippen LogP contribution < -0.4 is 15.5 Å². The first-order chi connectivity index (χ1) is 10.1. The Labute approximate surface area is 125 Å². The zero-order valence-electron chi connectivity index (χ0n) is 12.8. The molecule has 0 aliphatic carbocycles. The molecule has 1 fully saturated rings. The van der Waals surface area contributed by atoms with Gasteiger partial charge in [-0.1, -0.05) is 19.9 Å². The number of carbonyl (C=O) groups is 1. The molecule has 21 heavy (non-hydrogen) atoms. The van der Waals surface area contributed by atoms with Crippen LogP contribution in [-0.4, -0.2) is 32.1 Å². The quantitative estimate of drug-likeness (QED) is 0.871. The van der Waals surface area contributed by atoms with Crippen molar-refractivity contribution >= 4 is 11.6 Å². The predicted octanol–water partition coefficient (Wildman–Crippen LogP) is 1.90. The summed E-state index contributed by atoms with van der Waals surface area (Å²) in [5.41, 5.74) is 1.47. The van der Waals surface area contributed by atoms with Crippen molar-refractivity contribution in [2.75, 3.05) is 31.1 Å². The molecule has 1 aromatic carbocycles. The third kappa shape index (κ3) is 4.43. The number of benzene rings is 1. The number of rotatable bonds is 5. The molecule has 2 rings (SSSR count). The number of carbonyl (C=O) groups excluding carboxylic acids is 1. The fraction of sp³-hybridized carbons (Fsp3) is 0.562. The Morgan fingerprint density at radius 3 is 3.00 bits per heavy atom. The van der Waals surface area contributed by atoms with Gasteiger partial charge in [0.2, 0.25) is 5.91 Å². The molecule has 116 valence electrons. The van der Waals surface area contributed by atoms with Crippen LogP contribution >= 0.6 is 0 Å². The minimum Gasteiger partial charge on any atom is -0.362 e. The Kier molecular flexibility index (Phi) is 5.56. The summed E-state index contributed by atoms with van der Waals surface area (Å²) < 4.78 is 14.2. The smallest absolute Gasteiger partial charge is 0.239 e. The Bertz CT molecular complexity index is 490. The number of halogens is 1. The van der Waals surface area contributed by atoms with Gasteiger partial charge in [-0.25, -0.2) is 4.39 Å². The lowest BCUT2D eigenvalue weighted by molar-refractivity contribution is -0.119. The van der Waals surface area contributed by atoms with Gasteiger partial charge in [-0.15, -0.1) is 0 Å². The van der Waals surface area contributed by atoms with Crippen molar-refractivity contribution in [1.82, 2.24) is 10.6 Å². The second-order valence-corrected chi connectivity index (χ2v) is 5.89. The van der Waals surface area contributed by atoms with E-state index in [0.717, 1.165) is 25.2 Å². The lowest BCUT2D eigenvalue weighted by Crippen LogP contribution is -2.34. The maximum absolute atomic E-state index is 14.2. The zero-order chi connectivity index (χ0) is 15.2. The molecule has 2 N–H and O–H groups in total. The first-order valence-electron chi connectivity index (χ1n) is 7.57. The van der Waals surface area contributed by atoms with E-state index in [2.05, 4.69) is 24.5 Å². The summed E-state index contributed by atoms with van der Waals surface area (Å²) in [5, 5.41) is 6.13. The fourth-order valence-electron chi connectivity index (χ4n) is 2.52. The summed E-state index contributed by atoms with van der Waals surface area (Å²) in [5.74, 6) is 0.301. The molecule has 0 spiro atoms. The van der Waals surface area contributed by atoms with Crippen molar-refractivity contribution in [1.29, 1.82) is 0 Å². The van der Waals surface area contributed by atoms with Crippen molar-refractivity contribution in [3.63, 3.8) is 0 Å². The maximum Gasteiger partial charge on any atom is 0.239 e. The monoisotopic (exact) mass is 293 g/mol. The summed E-state index contributed by atoms with van der Waals surface area (Å²) in [7, 11) is 0. The topological polar surface area (TPSA) is 44.4 Å². The highest BCUT2D eigenvalue weighted by Gasteiger charge is 2.19. The van der Waals surface area contributed by atoms with Gasteiger partial charge >= 0.3 is 0 Å². The van der Waals surface area contributed by atoms with E-state index >= 15 is 0 Å². The number of hydrogen-bond acceptors (Lipinski definition) is 3. The molecule has 0 atom stereocenters. The maximum atomic E-state index is 14.2. The van der Waals surface area contributed by atoms with Gasteiger partial charge in [-0.05, 0) is 31.0 Å². The summed E-state index contributed by atoms with van der Waals surface area (Å²) in [6, 6.07) is 5.08. The van der Waals surface area contributed by atoms with Gasteiger partial charge in [0.1, 0.15) is 5.82 Å². The van der Waals surface area contributed by atoms with Gasteiger partial charge in [0.05, 0.1) is 6.54 Å². The number of nitrogens with one attached hydrogen (secondary N) is 2. The van der Waals surface area contributed by atoms with Crippen LogP contribution in [0.5, 0.6) is 0 Å². The molecule has 1 saturated heterocycles. The molecular weight excluding hydrogens is 269 g/mol. The summed E-state index contributed by atoms with van der Waals surface area (Å²) >= 11 is 0. The van der Waals surface area contributed by atoms with Crippen molar-refractivity contribution in [3.05, 3.63) is 29.6 Å². The Balaban J connectivity index is 2.17. The minimum atomic E-state index is -0.214. The van der Waals surface area contributed by atoms with Crippen LogP contribution in [0.15, 0.2) is 18.2 Å². The highest BCUT2D eigenvalue weighted by atomic mass is 19.1. The summed E-state index contributed by atoms with van der Waals surface area (Å²) in [4.78, 5) is 13.7. The Morgan fingerprint density at radius 1 is 1.43 bits per heavy atom. The first kappa shape index (κ1) is 15.8. The largest absolute Gasteiger partial charge is 0.362 e. The van der Waals surface area contributed by atoms with Crippen molar-refractivity contribution in [3.8, 4) is 0 Å². The van der Waals surface area contributed by atoms with Crippen LogP contribution in [0.3, 0.4) is 0 Å². The molecule has 1 amide bonds. The minimum absolute atomic E-state index is 0.00199. The second-order valence-electron chi connectivity index (χ2n) is 5.89. The van der Waals surface area contributed by atoms with E-state index in [0.29, 0.717) is 31.1 Å². The predicted molar refractivity (Wildman–Crippen MR) is 82.8 cm³/mol. The molecule has 4 nitrogen and oxygen atoms in total. The van der Waals surface area contributed by atoms with Gasteiger partial charge in [-0.3, -0.25) is 4.79 Å². The third-order valence-corrected chi connectivity index (χ3v) is 3.55. The van der Waals surface area contributed by atoms with Gasteiger partial charge in [0.15, 0.2) is 0 Å². The van der Waals surface area contributed by atoms with Crippen molar-refractivity contribution in [2.45, 2.75) is 26.8 Å². The van der Waals surface area contributed by atoms with E-state index < -0.39 is 0 Å². The number of anilines is 1. The molecule has 5 heteroatoms. The Morgan fingerprint density at radius 2 is 2.24 bits per heavy atom. The van der Waals surface area contributed by atoms with Crippen molar-refractivity contribution < 1.29 is 9.18 Å². The standard InChI is InChI=1S/C16H24FN3O/c1-12(2)9-18-10-13-14(17)5-3-6-15(13)20-8-4-7-19-16(21)11-20/h3,5-6,12,18H,4,7-11H2,1-2H3,(H,19,21). The highest BCUT2D eigenvalue weighted by Crippen LogP contribution is 2.24. The van der Waals surface area contributed by atoms with Gasteiger partial charge in [-0.2, -0.15) is 0 Å². The van der Waals surface area contributed by atoms with Crippen molar-refractivity contribution in [2.24, 2.45) is 5.92 Å². The van der Waals surface area contributed by atoms with Crippen LogP contribution in [0.4, 0.5) is 10.1 Å². The van der Waals surface area contributed by atoms with Crippen LogP contribution in [-0.2, 0) is 11.3 Å². The molecule has 0 unspecified atom stereocenters. The summed E-state index contributed by atoms with van der Waals surface area (Å²) in [6.07, 6.45) is 0.876. The van der Waals surface area contributed by atoms with Crippen LogP contribution in [0.1, 0.15) is 25.8 Å². The molecule has 0 saturated carbocycles. The van der Waals surface area contributed by atoms with Gasteiger partial charge in [0.25, 0.3) is 0 Å². The van der Waals surface area contributed by atoms with E-state index in [4.69, 9.17) is 0 Å². The first-order valence-corrected chi connectivity index (χ1v) is 7.57. The van der Waals surface area contributed by atoms with Gasteiger partial charge < -0.3 is 15.5 Å². The molecule has 0 bridgehead atoms. The molecular formula is C16H24FN3O. The molecule has 0 aromatic heterocycles. The Hall–Kier alpha value is -1.62. The van der Waals surface area contributed by atoms with E-state index in [9.17, 15) is 9.18 Å².